The third-order valence-electron chi connectivity index (χ3n) is 5.47. The molecule has 4 rings (SSSR count). The third-order valence-corrected chi connectivity index (χ3v) is 6.38. The molecule has 1 saturated heterocycles. The molecule has 0 aliphatic carbocycles. The van der Waals surface area contributed by atoms with Gasteiger partial charge in [-0.25, -0.2) is 0 Å². The number of carbonyl (C=O) groups is 3. The molecule has 8 heteroatoms. The maximum absolute atomic E-state index is 12.8. The fourth-order valence-corrected chi connectivity index (χ4v) is 4.46. The summed E-state index contributed by atoms with van der Waals surface area (Å²) < 4.78 is 11.4. The van der Waals surface area contributed by atoms with E-state index in [2.05, 4.69) is 11.4 Å². The van der Waals surface area contributed by atoms with Gasteiger partial charge in [0.15, 0.2) is 11.5 Å². The highest BCUT2D eigenvalue weighted by Crippen LogP contribution is 2.34. The van der Waals surface area contributed by atoms with Crippen molar-refractivity contribution in [3.05, 3.63) is 93.9 Å². The molecule has 0 aromatic heterocycles. The second-order valence-corrected chi connectivity index (χ2v) is 9.36. The van der Waals surface area contributed by atoms with Crippen LogP contribution in [0, 0.1) is 13.8 Å². The predicted molar refractivity (Wildman–Crippen MR) is 141 cm³/mol. The van der Waals surface area contributed by atoms with Crippen molar-refractivity contribution < 1.29 is 23.9 Å². The number of nitrogens with one attached hydrogen (secondary N) is 1. The molecule has 184 valence electrons. The third kappa shape index (κ3) is 6.14. The van der Waals surface area contributed by atoms with Gasteiger partial charge < -0.3 is 14.8 Å². The van der Waals surface area contributed by atoms with Gasteiger partial charge in [-0.05, 0) is 67.1 Å². The molecule has 3 aromatic rings. The van der Waals surface area contributed by atoms with Crippen molar-refractivity contribution in [3.63, 3.8) is 0 Å². The lowest BCUT2D eigenvalue weighted by molar-refractivity contribution is -0.127. The normalized spacial score (nSPS) is 14.3. The molecule has 3 amide bonds. The molecule has 3 aromatic carbocycles. The number of thioether (sulfide) groups is 1. The molecule has 0 atom stereocenters. The number of methoxy groups -OCH3 is 1. The van der Waals surface area contributed by atoms with Crippen molar-refractivity contribution in [1.82, 2.24) is 4.90 Å². The van der Waals surface area contributed by atoms with Crippen LogP contribution in [0.25, 0.3) is 6.08 Å². The van der Waals surface area contributed by atoms with Crippen molar-refractivity contribution in [2.24, 2.45) is 0 Å². The topological polar surface area (TPSA) is 84.9 Å². The van der Waals surface area contributed by atoms with E-state index in [-0.39, 0.29) is 11.4 Å². The molecule has 1 fully saturated rings. The first-order valence-electron chi connectivity index (χ1n) is 11.3. The number of rotatable bonds is 8. The summed E-state index contributed by atoms with van der Waals surface area (Å²) >= 11 is 0.800. The summed E-state index contributed by atoms with van der Waals surface area (Å²) in [4.78, 5) is 38.9. The molecule has 1 aliphatic rings. The summed E-state index contributed by atoms with van der Waals surface area (Å²) in [6.07, 6.45) is 1.61. The molecule has 36 heavy (non-hydrogen) atoms. The van der Waals surface area contributed by atoms with Gasteiger partial charge in [0.05, 0.1) is 12.0 Å². The van der Waals surface area contributed by atoms with Gasteiger partial charge in [0.1, 0.15) is 13.2 Å². The smallest absolute Gasteiger partial charge is 0.294 e. The average Bonchev–Trinajstić information content (AvgIpc) is 3.11. The highest BCUT2D eigenvalue weighted by atomic mass is 32.2. The molecule has 0 spiro atoms. The summed E-state index contributed by atoms with van der Waals surface area (Å²) in [7, 11) is 1.54. The van der Waals surface area contributed by atoms with E-state index in [9.17, 15) is 14.4 Å². The molecule has 1 heterocycles. The Hall–Kier alpha value is -4.04. The highest BCUT2D eigenvalue weighted by molar-refractivity contribution is 8.18. The summed E-state index contributed by atoms with van der Waals surface area (Å²) in [6.45, 7) is 4.00. The minimum absolute atomic E-state index is 0.235. The Bertz CT molecular complexity index is 1330. The van der Waals surface area contributed by atoms with Gasteiger partial charge in [0.25, 0.3) is 11.1 Å². The van der Waals surface area contributed by atoms with Crippen LogP contribution < -0.4 is 14.8 Å². The summed E-state index contributed by atoms with van der Waals surface area (Å²) in [5.74, 6) is 0.118. The Morgan fingerprint density at radius 2 is 1.75 bits per heavy atom. The summed E-state index contributed by atoms with van der Waals surface area (Å²) in [5.41, 5.74) is 4.53. The van der Waals surface area contributed by atoms with Crippen LogP contribution in [0.5, 0.6) is 11.5 Å². The number of nitrogens with zero attached hydrogens (tertiary/aromatic N) is 1. The van der Waals surface area contributed by atoms with Gasteiger partial charge in [0.2, 0.25) is 5.91 Å². The van der Waals surface area contributed by atoms with Gasteiger partial charge in [-0.15, -0.1) is 0 Å². The SMILES string of the molecule is COc1cc(/C=C2\SC(=O)N(CC(=O)Nc3ccc(C)cc3)C2=O)ccc1OCc1cccc(C)c1. The van der Waals surface area contributed by atoms with Crippen molar-refractivity contribution in [1.29, 1.82) is 0 Å². The van der Waals surface area contributed by atoms with Crippen molar-refractivity contribution >= 4 is 40.6 Å². The number of aryl methyl sites for hydroxylation is 2. The number of hydrogen-bond acceptors (Lipinski definition) is 6. The number of anilines is 1. The number of imide groups is 1. The number of hydrogen-bond donors (Lipinski definition) is 1. The molecule has 0 saturated carbocycles. The van der Waals surface area contributed by atoms with Gasteiger partial charge in [-0.1, -0.05) is 53.6 Å². The first kappa shape index (κ1) is 25.1. The van der Waals surface area contributed by atoms with E-state index in [0.29, 0.717) is 29.4 Å². The van der Waals surface area contributed by atoms with Gasteiger partial charge >= 0.3 is 0 Å². The minimum atomic E-state index is -0.511. The predicted octanol–water partition coefficient (Wildman–Crippen LogP) is 5.57. The zero-order valence-electron chi connectivity index (χ0n) is 20.2. The van der Waals surface area contributed by atoms with Crippen LogP contribution in [-0.4, -0.2) is 35.6 Å². The quantitative estimate of drug-likeness (QED) is 0.406. The lowest BCUT2D eigenvalue weighted by Crippen LogP contribution is -2.36. The summed E-state index contributed by atoms with van der Waals surface area (Å²) in [5, 5.41) is 2.22. The van der Waals surface area contributed by atoms with Crippen LogP contribution in [0.3, 0.4) is 0 Å². The lowest BCUT2D eigenvalue weighted by atomic mass is 10.1. The number of carbonyl (C=O) groups excluding carboxylic acids is 3. The van der Waals surface area contributed by atoms with E-state index in [4.69, 9.17) is 9.47 Å². The zero-order chi connectivity index (χ0) is 25.7. The Morgan fingerprint density at radius 1 is 0.972 bits per heavy atom. The highest BCUT2D eigenvalue weighted by Gasteiger charge is 2.36. The molecule has 0 radical (unpaired) electrons. The molecular formula is C28H26N2O5S. The number of ether oxygens (including phenoxy) is 2. The standard InChI is InChI=1S/C28H26N2O5S/c1-18-7-10-22(11-8-18)29-26(31)16-30-27(32)25(36-28(30)33)15-20-9-12-23(24(14-20)34-3)35-17-21-6-4-5-19(2)13-21/h4-15H,16-17H2,1-3H3,(H,29,31)/b25-15-. The van der Waals surface area contributed by atoms with Crippen LogP contribution >= 0.6 is 11.8 Å². The van der Waals surface area contributed by atoms with Gasteiger partial charge in [-0.2, -0.15) is 0 Å². The second-order valence-electron chi connectivity index (χ2n) is 8.37. The molecule has 0 bridgehead atoms. The van der Waals surface area contributed by atoms with E-state index in [0.717, 1.165) is 33.4 Å². The maximum atomic E-state index is 12.8. The average molecular weight is 503 g/mol. The van der Waals surface area contributed by atoms with Crippen LogP contribution in [0.2, 0.25) is 0 Å². The minimum Gasteiger partial charge on any atom is -0.493 e. The fraction of sp³-hybridized carbons (Fsp3) is 0.179. The maximum Gasteiger partial charge on any atom is 0.294 e. The first-order chi connectivity index (χ1) is 17.3. The first-order valence-corrected chi connectivity index (χ1v) is 12.1. The second kappa shape index (κ2) is 11.1. The van der Waals surface area contributed by atoms with E-state index < -0.39 is 17.1 Å². The number of benzene rings is 3. The molecular weight excluding hydrogens is 476 g/mol. The van der Waals surface area contributed by atoms with Gasteiger partial charge in [-0.3, -0.25) is 19.3 Å². The van der Waals surface area contributed by atoms with Gasteiger partial charge in [0, 0.05) is 5.69 Å². The fourth-order valence-electron chi connectivity index (χ4n) is 3.62. The van der Waals surface area contributed by atoms with Crippen molar-refractivity contribution in [2.45, 2.75) is 20.5 Å². The van der Waals surface area contributed by atoms with E-state index in [1.807, 2.05) is 44.2 Å². The Balaban J connectivity index is 1.42. The Labute approximate surface area is 214 Å². The Kier molecular flexibility index (Phi) is 7.75. The molecule has 1 aliphatic heterocycles. The largest absolute Gasteiger partial charge is 0.493 e. The Morgan fingerprint density at radius 3 is 2.47 bits per heavy atom. The van der Waals surface area contributed by atoms with Crippen molar-refractivity contribution in [2.75, 3.05) is 19.0 Å². The number of amides is 3. The zero-order valence-corrected chi connectivity index (χ0v) is 21.1. The molecule has 1 N–H and O–H groups in total. The van der Waals surface area contributed by atoms with Crippen molar-refractivity contribution in [3.8, 4) is 11.5 Å². The molecule has 0 unspecified atom stereocenters. The van der Waals surface area contributed by atoms with E-state index in [1.165, 1.54) is 0 Å². The monoisotopic (exact) mass is 502 g/mol. The molecule has 7 nitrogen and oxygen atoms in total. The lowest BCUT2D eigenvalue weighted by Gasteiger charge is -2.13. The van der Waals surface area contributed by atoms with Crippen LogP contribution in [-0.2, 0) is 16.2 Å². The van der Waals surface area contributed by atoms with Crippen LogP contribution in [0.1, 0.15) is 22.3 Å². The summed E-state index contributed by atoms with van der Waals surface area (Å²) in [6, 6.07) is 20.6. The van der Waals surface area contributed by atoms with E-state index >= 15 is 0 Å². The van der Waals surface area contributed by atoms with Crippen LogP contribution in [0.4, 0.5) is 10.5 Å². The van der Waals surface area contributed by atoms with Crippen LogP contribution in [0.15, 0.2) is 71.6 Å². The van der Waals surface area contributed by atoms with E-state index in [1.54, 1.807) is 43.5 Å².